The van der Waals surface area contributed by atoms with Crippen LogP contribution in [0.3, 0.4) is 0 Å². The highest BCUT2D eigenvalue weighted by Gasteiger charge is 2.34. The lowest BCUT2D eigenvalue weighted by Crippen LogP contribution is -2.47. The van der Waals surface area contributed by atoms with Gasteiger partial charge in [0.1, 0.15) is 6.61 Å². The van der Waals surface area contributed by atoms with Gasteiger partial charge in [-0.05, 0) is 47.9 Å². The van der Waals surface area contributed by atoms with Gasteiger partial charge in [-0.3, -0.25) is 9.59 Å². The molecule has 2 N–H and O–H groups in total. The standard InChI is InChI=1S/C28H30N2O5/c31-26(30-14-6-8-19(16-30)27(32)33)18-7-5-9-20(15-18)29-28(34)35-17-25-23-12-3-1-10-21(23)22-11-2-4-13-24(22)25/h1-5,9-13,18-20,25H,6-8,14-17H2,(H,29,34)(H,32,33)/t18?,19-,20?/m1/s1. The Hall–Kier alpha value is -3.61. The Morgan fingerprint density at radius 1 is 1.00 bits per heavy atom. The number of nitrogens with zero attached hydrogens (tertiary/aromatic N) is 1. The minimum atomic E-state index is -0.846. The molecule has 0 radical (unpaired) electrons. The van der Waals surface area contributed by atoms with Gasteiger partial charge in [0.15, 0.2) is 0 Å². The summed E-state index contributed by atoms with van der Waals surface area (Å²) >= 11 is 0. The van der Waals surface area contributed by atoms with E-state index in [1.165, 1.54) is 11.1 Å². The van der Waals surface area contributed by atoms with Gasteiger partial charge in [0.05, 0.1) is 12.0 Å². The van der Waals surface area contributed by atoms with Crippen molar-refractivity contribution in [1.29, 1.82) is 0 Å². The lowest BCUT2D eigenvalue weighted by atomic mass is 9.88. The SMILES string of the molecule is O=C(NC1C=CCC(C(=O)N2CCC[C@@H](C(=O)O)C2)C1)OCC1c2ccccc2-c2ccccc21. The lowest BCUT2D eigenvalue weighted by molar-refractivity contribution is -0.147. The zero-order chi connectivity index (χ0) is 24.4. The highest BCUT2D eigenvalue weighted by molar-refractivity contribution is 5.81. The fourth-order valence-corrected chi connectivity index (χ4v) is 5.63. The molecule has 0 saturated carbocycles. The number of likely N-dealkylation sites (tertiary alicyclic amines) is 1. The first-order valence-corrected chi connectivity index (χ1v) is 12.3. The van der Waals surface area contributed by atoms with Gasteiger partial charge in [-0.1, -0.05) is 60.7 Å². The van der Waals surface area contributed by atoms with E-state index in [4.69, 9.17) is 4.74 Å². The first-order chi connectivity index (χ1) is 17.0. The van der Waals surface area contributed by atoms with Crippen molar-refractivity contribution >= 4 is 18.0 Å². The number of alkyl carbamates (subject to hydrolysis) is 1. The van der Waals surface area contributed by atoms with E-state index in [0.717, 1.165) is 11.1 Å². The molecule has 2 unspecified atom stereocenters. The Labute approximate surface area is 204 Å². The number of hydrogen-bond donors (Lipinski definition) is 2. The van der Waals surface area contributed by atoms with Crippen LogP contribution in [0, 0.1) is 11.8 Å². The van der Waals surface area contributed by atoms with Gasteiger partial charge in [-0.15, -0.1) is 0 Å². The number of allylic oxidation sites excluding steroid dienone is 1. The van der Waals surface area contributed by atoms with E-state index in [0.29, 0.717) is 32.2 Å². The topological polar surface area (TPSA) is 95.9 Å². The number of aliphatic carboxylic acids is 1. The van der Waals surface area contributed by atoms with E-state index in [-0.39, 0.29) is 36.9 Å². The summed E-state index contributed by atoms with van der Waals surface area (Å²) in [7, 11) is 0. The maximum absolute atomic E-state index is 13.0. The molecule has 2 amide bonds. The molecule has 182 valence electrons. The Morgan fingerprint density at radius 3 is 2.37 bits per heavy atom. The van der Waals surface area contributed by atoms with Crippen molar-refractivity contribution < 1.29 is 24.2 Å². The summed E-state index contributed by atoms with van der Waals surface area (Å²) < 4.78 is 5.65. The van der Waals surface area contributed by atoms with E-state index in [1.807, 2.05) is 36.4 Å². The van der Waals surface area contributed by atoms with Crippen molar-refractivity contribution in [3.05, 3.63) is 71.8 Å². The number of rotatable bonds is 5. The van der Waals surface area contributed by atoms with E-state index >= 15 is 0 Å². The predicted octanol–water partition coefficient (Wildman–Crippen LogP) is 4.18. The summed E-state index contributed by atoms with van der Waals surface area (Å²) in [6.45, 7) is 1.09. The van der Waals surface area contributed by atoms with Crippen LogP contribution in [-0.4, -0.2) is 53.7 Å². The molecule has 35 heavy (non-hydrogen) atoms. The van der Waals surface area contributed by atoms with E-state index < -0.39 is 18.0 Å². The maximum Gasteiger partial charge on any atom is 0.407 e. The van der Waals surface area contributed by atoms with Crippen LogP contribution >= 0.6 is 0 Å². The molecular formula is C28H30N2O5. The third-order valence-electron chi connectivity index (χ3n) is 7.41. The number of piperidine rings is 1. The van der Waals surface area contributed by atoms with Crippen LogP contribution in [0.25, 0.3) is 11.1 Å². The molecule has 1 heterocycles. The van der Waals surface area contributed by atoms with E-state index in [1.54, 1.807) is 4.90 Å². The maximum atomic E-state index is 13.0. The summed E-state index contributed by atoms with van der Waals surface area (Å²) in [5.41, 5.74) is 4.67. The number of carbonyl (C=O) groups excluding carboxylic acids is 2. The minimum absolute atomic E-state index is 0.00865. The molecule has 0 spiro atoms. The Kier molecular flexibility index (Phi) is 6.57. The molecular weight excluding hydrogens is 444 g/mol. The zero-order valence-corrected chi connectivity index (χ0v) is 19.6. The minimum Gasteiger partial charge on any atom is -0.481 e. The molecule has 0 aromatic heterocycles. The molecule has 7 heteroatoms. The third-order valence-corrected chi connectivity index (χ3v) is 7.41. The second-order valence-corrected chi connectivity index (χ2v) is 9.63. The monoisotopic (exact) mass is 474 g/mol. The molecule has 5 rings (SSSR count). The second-order valence-electron chi connectivity index (χ2n) is 9.63. The van der Waals surface area contributed by atoms with Crippen molar-refractivity contribution in [1.82, 2.24) is 10.2 Å². The fourth-order valence-electron chi connectivity index (χ4n) is 5.63. The van der Waals surface area contributed by atoms with Gasteiger partial charge in [0, 0.05) is 24.9 Å². The molecule has 2 aliphatic carbocycles. The van der Waals surface area contributed by atoms with Gasteiger partial charge in [0.2, 0.25) is 5.91 Å². The quantitative estimate of drug-likeness (QED) is 0.634. The van der Waals surface area contributed by atoms with E-state index in [9.17, 15) is 19.5 Å². The number of carboxylic acids is 1. The van der Waals surface area contributed by atoms with Crippen molar-refractivity contribution in [3.63, 3.8) is 0 Å². The van der Waals surface area contributed by atoms with Crippen LogP contribution < -0.4 is 5.32 Å². The average Bonchev–Trinajstić information content (AvgIpc) is 3.21. The summed E-state index contributed by atoms with van der Waals surface area (Å²) in [5, 5.41) is 12.2. The van der Waals surface area contributed by atoms with Crippen LogP contribution in [0.1, 0.15) is 42.7 Å². The van der Waals surface area contributed by atoms with Crippen molar-refractivity contribution in [3.8, 4) is 11.1 Å². The Balaban J connectivity index is 1.17. The molecule has 3 atom stereocenters. The number of hydrogen-bond acceptors (Lipinski definition) is 4. The number of amides is 2. The summed E-state index contributed by atoms with van der Waals surface area (Å²) in [4.78, 5) is 38.7. The largest absolute Gasteiger partial charge is 0.481 e. The zero-order valence-electron chi connectivity index (χ0n) is 19.6. The molecule has 2 aromatic carbocycles. The van der Waals surface area contributed by atoms with Gasteiger partial charge >= 0.3 is 12.1 Å². The van der Waals surface area contributed by atoms with Crippen LogP contribution in [0.15, 0.2) is 60.7 Å². The molecule has 3 aliphatic rings. The number of fused-ring (bicyclic) bond motifs is 3. The van der Waals surface area contributed by atoms with Crippen LogP contribution in [0.2, 0.25) is 0 Å². The third kappa shape index (κ3) is 4.81. The van der Waals surface area contributed by atoms with Gasteiger partial charge in [-0.25, -0.2) is 4.79 Å². The summed E-state index contributed by atoms with van der Waals surface area (Å²) in [6, 6.07) is 16.1. The molecule has 1 aliphatic heterocycles. The first kappa shape index (κ1) is 23.1. The molecule has 0 bridgehead atoms. The number of carboxylic acid groups (broad SMARTS) is 1. The Bertz CT molecular complexity index is 1110. The molecule has 7 nitrogen and oxygen atoms in total. The Morgan fingerprint density at radius 2 is 1.69 bits per heavy atom. The number of nitrogens with one attached hydrogen (secondary N) is 1. The fraction of sp³-hybridized carbons (Fsp3) is 0.393. The highest BCUT2D eigenvalue weighted by atomic mass is 16.5. The first-order valence-electron chi connectivity index (χ1n) is 12.3. The smallest absolute Gasteiger partial charge is 0.407 e. The van der Waals surface area contributed by atoms with Crippen LogP contribution in [0.4, 0.5) is 4.79 Å². The summed E-state index contributed by atoms with van der Waals surface area (Å²) in [5.74, 6) is -1.65. The van der Waals surface area contributed by atoms with Crippen molar-refractivity contribution in [2.75, 3.05) is 19.7 Å². The lowest BCUT2D eigenvalue weighted by Gasteiger charge is -2.35. The number of ether oxygens (including phenoxy) is 1. The molecule has 1 fully saturated rings. The van der Waals surface area contributed by atoms with Crippen LogP contribution in [-0.2, 0) is 14.3 Å². The molecule has 2 aromatic rings. The van der Waals surface area contributed by atoms with Gasteiger partial charge < -0.3 is 20.1 Å². The summed E-state index contributed by atoms with van der Waals surface area (Å²) in [6.07, 6.45) is 5.70. The van der Waals surface area contributed by atoms with Crippen molar-refractivity contribution in [2.45, 2.75) is 37.6 Å². The van der Waals surface area contributed by atoms with Gasteiger partial charge in [0.25, 0.3) is 0 Å². The van der Waals surface area contributed by atoms with Crippen molar-refractivity contribution in [2.24, 2.45) is 11.8 Å². The normalized spacial score (nSPS) is 23.3. The number of benzene rings is 2. The highest BCUT2D eigenvalue weighted by Crippen LogP contribution is 2.44. The second kappa shape index (κ2) is 9.94. The van der Waals surface area contributed by atoms with Gasteiger partial charge in [-0.2, -0.15) is 0 Å². The number of carbonyl (C=O) groups is 3. The predicted molar refractivity (Wildman–Crippen MR) is 131 cm³/mol. The molecule has 1 saturated heterocycles. The average molecular weight is 475 g/mol. The van der Waals surface area contributed by atoms with Crippen LogP contribution in [0.5, 0.6) is 0 Å². The van der Waals surface area contributed by atoms with E-state index in [2.05, 4.69) is 29.6 Å².